The normalized spacial score (nSPS) is 10.4. The molecule has 1 amide bonds. The topological polar surface area (TPSA) is 80.0 Å². The summed E-state index contributed by atoms with van der Waals surface area (Å²) in [6, 6.07) is 11.3. The number of hydrogen-bond acceptors (Lipinski definition) is 5. The van der Waals surface area contributed by atoms with Gasteiger partial charge in [-0.25, -0.2) is 9.97 Å². The molecule has 24 heavy (non-hydrogen) atoms. The molecule has 2 heterocycles. The fourth-order valence-corrected chi connectivity index (χ4v) is 2.23. The molecule has 0 atom stereocenters. The summed E-state index contributed by atoms with van der Waals surface area (Å²) in [5, 5.41) is 5.99. The average molecular weight is 322 g/mol. The molecule has 0 aliphatic carbocycles. The van der Waals surface area contributed by atoms with E-state index in [0.717, 1.165) is 16.8 Å². The van der Waals surface area contributed by atoms with Crippen LogP contribution < -0.4 is 10.6 Å². The SMILES string of the molecule is Cc1ccc(C)c(Nc2cc(C(=O)NCc3ccco3)ncn2)c1. The first kappa shape index (κ1) is 15.7. The summed E-state index contributed by atoms with van der Waals surface area (Å²) in [7, 11) is 0. The van der Waals surface area contributed by atoms with Gasteiger partial charge in [-0.05, 0) is 43.2 Å². The lowest BCUT2D eigenvalue weighted by Crippen LogP contribution is -2.23. The second-order valence-electron chi connectivity index (χ2n) is 5.49. The van der Waals surface area contributed by atoms with E-state index in [4.69, 9.17) is 4.42 Å². The van der Waals surface area contributed by atoms with Crippen LogP contribution >= 0.6 is 0 Å². The van der Waals surface area contributed by atoms with E-state index in [1.54, 1.807) is 24.5 Å². The summed E-state index contributed by atoms with van der Waals surface area (Å²) in [5.74, 6) is 0.978. The molecule has 6 nitrogen and oxygen atoms in total. The highest BCUT2D eigenvalue weighted by Crippen LogP contribution is 2.20. The van der Waals surface area contributed by atoms with Crippen molar-refractivity contribution in [3.05, 3.63) is 71.6 Å². The predicted octanol–water partition coefficient (Wildman–Crippen LogP) is 3.36. The minimum atomic E-state index is -0.280. The molecule has 2 aromatic heterocycles. The second-order valence-corrected chi connectivity index (χ2v) is 5.49. The van der Waals surface area contributed by atoms with Gasteiger partial charge in [0.1, 0.15) is 23.6 Å². The molecule has 2 N–H and O–H groups in total. The third-order valence-corrected chi connectivity index (χ3v) is 3.56. The van der Waals surface area contributed by atoms with Gasteiger partial charge in [0.2, 0.25) is 0 Å². The fourth-order valence-electron chi connectivity index (χ4n) is 2.23. The molecular weight excluding hydrogens is 304 g/mol. The molecule has 0 saturated carbocycles. The van der Waals surface area contributed by atoms with Crippen LogP contribution in [-0.4, -0.2) is 15.9 Å². The van der Waals surface area contributed by atoms with Crippen molar-refractivity contribution in [2.75, 3.05) is 5.32 Å². The van der Waals surface area contributed by atoms with Crippen LogP contribution in [0.4, 0.5) is 11.5 Å². The van der Waals surface area contributed by atoms with E-state index in [1.807, 2.05) is 32.0 Å². The smallest absolute Gasteiger partial charge is 0.270 e. The Hall–Kier alpha value is -3.15. The summed E-state index contributed by atoms with van der Waals surface area (Å²) in [5.41, 5.74) is 3.50. The quantitative estimate of drug-likeness (QED) is 0.753. The summed E-state index contributed by atoms with van der Waals surface area (Å²) in [6.07, 6.45) is 2.94. The van der Waals surface area contributed by atoms with Crippen molar-refractivity contribution in [2.24, 2.45) is 0 Å². The largest absolute Gasteiger partial charge is 0.467 e. The van der Waals surface area contributed by atoms with Gasteiger partial charge < -0.3 is 15.1 Å². The van der Waals surface area contributed by atoms with E-state index in [2.05, 4.69) is 20.6 Å². The first-order valence-electron chi connectivity index (χ1n) is 7.59. The molecule has 0 unspecified atom stereocenters. The van der Waals surface area contributed by atoms with Crippen LogP contribution in [-0.2, 0) is 6.54 Å². The van der Waals surface area contributed by atoms with Gasteiger partial charge >= 0.3 is 0 Å². The highest BCUT2D eigenvalue weighted by Gasteiger charge is 2.10. The second kappa shape index (κ2) is 6.95. The summed E-state index contributed by atoms with van der Waals surface area (Å²) in [4.78, 5) is 20.4. The monoisotopic (exact) mass is 322 g/mol. The van der Waals surface area contributed by atoms with Gasteiger partial charge in [-0.2, -0.15) is 0 Å². The Labute approximate surface area is 140 Å². The Balaban J connectivity index is 1.71. The van der Waals surface area contributed by atoms with Gasteiger partial charge in [0.05, 0.1) is 12.8 Å². The number of aryl methyl sites for hydroxylation is 2. The van der Waals surface area contributed by atoms with Crippen LogP contribution in [0.3, 0.4) is 0 Å². The van der Waals surface area contributed by atoms with Crippen molar-refractivity contribution in [1.82, 2.24) is 15.3 Å². The Morgan fingerprint density at radius 3 is 2.83 bits per heavy atom. The molecule has 0 spiro atoms. The lowest BCUT2D eigenvalue weighted by molar-refractivity contribution is 0.0943. The third-order valence-electron chi connectivity index (χ3n) is 3.56. The van der Waals surface area contributed by atoms with Gasteiger partial charge in [0, 0.05) is 11.8 Å². The van der Waals surface area contributed by atoms with E-state index < -0.39 is 0 Å². The van der Waals surface area contributed by atoms with Crippen molar-refractivity contribution in [1.29, 1.82) is 0 Å². The third kappa shape index (κ3) is 3.78. The zero-order valence-electron chi connectivity index (χ0n) is 13.5. The number of anilines is 2. The number of benzene rings is 1. The Morgan fingerprint density at radius 2 is 2.04 bits per heavy atom. The van der Waals surface area contributed by atoms with E-state index in [-0.39, 0.29) is 5.91 Å². The highest BCUT2D eigenvalue weighted by molar-refractivity contribution is 5.92. The van der Waals surface area contributed by atoms with E-state index in [9.17, 15) is 4.79 Å². The molecule has 6 heteroatoms. The lowest BCUT2D eigenvalue weighted by Gasteiger charge is -2.10. The predicted molar refractivity (Wildman–Crippen MR) is 91.1 cm³/mol. The number of aromatic nitrogens is 2. The number of carbonyl (C=O) groups is 1. The maximum atomic E-state index is 12.2. The minimum Gasteiger partial charge on any atom is -0.467 e. The van der Waals surface area contributed by atoms with E-state index in [0.29, 0.717) is 23.8 Å². The van der Waals surface area contributed by atoms with E-state index >= 15 is 0 Å². The van der Waals surface area contributed by atoms with Gasteiger partial charge in [0.15, 0.2) is 0 Å². The number of amides is 1. The number of hydrogen-bond donors (Lipinski definition) is 2. The Kier molecular flexibility index (Phi) is 4.56. The van der Waals surface area contributed by atoms with Crippen LogP contribution in [0.15, 0.2) is 53.4 Å². The number of nitrogens with one attached hydrogen (secondary N) is 2. The molecule has 3 rings (SSSR count). The first-order chi connectivity index (χ1) is 11.6. The van der Waals surface area contributed by atoms with Crippen LogP contribution in [0.5, 0.6) is 0 Å². The number of carbonyl (C=O) groups excluding carboxylic acids is 1. The zero-order valence-corrected chi connectivity index (χ0v) is 13.5. The number of nitrogens with zero attached hydrogens (tertiary/aromatic N) is 2. The zero-order chi connectivity index (χ0) is 16.9. The molecule has 0 bridgehead atoms. The van der Waals surface area contributed by atoms with Gasteiger partial charge in [-0.1, -0.05) is 12.1 Å². The van der Waals surface area contributed by atoms with Crippen LogP contribution in [0.2, 0.25) is 0 Å². The molecule has 122 valence electrons. The molecule has 0 fully saturated rings. The van der Waals surface area contributed by atoms with E-state index in [1.165, 1.54) is 6.33 Å². The van der Waals surface area contributed by atoms with Crippen molar-refractivity contribution >= 4 is 17.4 Å². The summed E-state index contributed by atoms with van der Waals surface area (Å²) < 4.78 is 5.19. The van der Waals surface area contributed by atoms with Crippen molar-refractivity contribution < 1.29 is 9.21 Å². The highest BCUT2D eigenvalue weighted by atomic mass is 16.3. The summed E-state index contributed by atoms with van der Waals surface area (Å²) >= 11 is 0. The van der Waals surface area contributed by atoms with Crippen LogP contribution in [0, 0.1) is 13.8 Å². The minimum absolute atomic E-state index is 0.280. The maximum absolute atomic E-state index is 12.2. The van der Waals surface area contributed by atoms with Crippen molar-refractivity contribution in [3.63, 3.8) is 0 Å². The number of furan rings is 1. The molecule has 0 radical (unpaired) electrons. The van der Waals surface area contributed by atoms with Gasteiger partial charge in [-0.3, -0.25) is 4.79 Å². The Morgan fingerprint density at radius 1 is 1.17 bits per heavy atom. The molecule has 1 aromatic carbocycles. The van der Waals surface area contributed by atoms with Gasteiger partial charge in [0.25, 0.3) is 5.91 Å². The fraction of sp³-hybridized carbons (Fsp3) is 0.167. The molecule has 0 aliphatic heterocycles. The van der Waals surface area contributed by atoms with Crippen molar-refractivity contribution in [3.8, 4) is 0 Å². The molecule has 0 aliphatic rings. The molecule has 0 saturated heterocycles. The lowest BCUT2D eigenvalue weighted by atomic mass is 10.1. The van der Waals surface area contributed by atoms with Crippen molar-refractivity contribution in [2.45, 2.75) is 20.4 Å². The van der Waals surface area contributed by atoms with Crippen LogP contribution in [0.1, 0.15) is 27.4 Å². The summed E-state index contributed by atoms with van der Waals surface area (Å²) in [6.45, 7) is 4.35. The molecular formula is C18H18N4O2. The van der Waals surface area contributed by atoms with Gasteiger partial charge in [-0.15, -0.1) is 0 Å². The molecule has 3 aromatic rings. The average Bonchev–Trinajstić information content (AvgIpc) is 3.10. The first-order valence-corrected chi connectivity index (χ1v) is 7.59. The standard InChI is InChI=1S/C18H18N4O2/c1-12-5-6-13(2)15(8-12)22-17-9-16(20-11-21-17)18(23)19-10-14-4-3-7-24-14/h3-9,11H,10H2,1-2H3,(H,19,23)(H,20,21,22). The maximum Gasteiger partial charge on any atom is 0.270 e. The number of rotatable bonds is 5. The Bertz CT molecular complexity index is 844. The van der Waals surface area contributed by atoms with Crippen LogP contribution in [0.25, 0.3) is 0 Å².